The average molecular weight is 368 g/mol. The monoisotopic (exact) mass is 368 g/mol. The van der Waals surface area contributed by atoms with Gasteiger partial charge in [-0.2, -0.15) is 0 Å². The van der Waals surface area contributed by atoms with Gasteiger partial charge in [0.1, 0.15) is 5.75 Å². The van der Waals surface area contributed by atoms with Crippen molar-refractivity contribution in [1.82, 2.24) is 10.2 Å². The molecular formula is C22H28N2O3. The van der Waals surface area contributed by atoms with Crippen LogP contribution in [0.3, 0.4) is 0 Å². The molecule has 1 atom stereocenters. The van der Waals surface area contributed by atoms with E-state index in [1.54, 1.807) is 12.1 Å². The first kappa shape index (κ1) is 19.4. The van der Waals surface area contributed by atoms with E-state index in [0.29, 0.717) is 18.7 Å². The summed E-state index contributed by atoms with van der Waals surface area (Å²) in [6, 6.07) is 17.6. The number of carbonyl (C=O) groups excluding carboxylic acids is 1. The van der Waals surface area contributed by atoms with Crippen molar-refractivity contribution in [3.8, 4) is 5.75 Å². The first-order valence-electron chi connectivity index (χ1n) is 9.66. The van der Waals surface area contributed by atoms with Crippen LogP contribution in [0.25, 0.3) is 0 Å². The second kappa shape index (κ2) is 10.1. The van der Waals surface area contributed by atoms with E-state index in [9.17, 15) is 4.79 Å². The predicted molar refractivity (Wildman–Crippen MR) is 106 cm³/mol. The molecule has 1 heterocycles. The Balaban J connectivity index is 1.38. The van der Waals surface area contributed by atoms with Crippen molar-refractivity contribution in [3.63, 3.8) is 0 Å². The van der Waals surface area contributed by atoms with E-state index < -0.39 is 0 Å². The standard InChI is InChI=1S/C22H28N2O3/c1-2-26-20-11-9-19(10-12-20)22(25)23-13-6-14-24-15-16-27-21(17-24)18-7-4-3-5-8-18/h3-5,7-12,21H,2,6,13-17H2,1H3,(H,23,25). The maximum atomic E-state index is 12.2. The van der Waals surface area contributed by atoms with Crippen LogP contribution in [0, 0.1) is 0 Å². The van der Waals surface area contributed by atoms with Gasteiger partial charge in [0.05, 0.1) is 19.3 Å². The number of ether oxygens (including phenoxy) is 2. The summed E-state index contributed by atoms with van der Waals surface area (Å²) < 4.78 is 11.3. The Hall–Kier alpha value is -2.37. The van der Waals surface area contributed by atoms with E-state index in [-0.39, 0.29) is 12.0 Å². The molecule has 0 bridgehead atoms. The molecule has 0 aliphatic carbocycles. The van der Waals surface area contributed by atoms with Crippen molar-refractivity contribution in [1.29, 1.82) is 0 Å². The van der Waals surface area contributed by atoms with Gasteiger partial charge < -0.3 is 14.8 Å². The summed E-state index contributed by atoms with van der Waals surface area (Å²) in [6.07, 6.45) is 1.06. The quantitative estimate of drug-likeness (QED) is 0.727. The molecule has 1 fully saturated rings. The number of hydrogen-bond donors (Lipinski definition) is 1. The summed E-state index contributed by atoms with van der Waals surface area (Å²) in [6.45, 7) is 6.77. The van der Waals surface area contributed by atoms with E-state index in [4.69, 9.17) is 9.47 Å². The Morgan fingerprint density at radius 1 is 1.19 bits per heavy atom. The zero-order valence-electron chi connectivity index (χ0n) is 15.9. The molecule has 0 spiro atoms. The van der Waals surface area contributed by atoms with E-state index in [2.05, 4.69) is 22.3 Å². The third-order valence-electron chi connectivity index (χ3n) is 4.69. The molecule has 3 rings (SSSR count). The van der Waals surface area contributed by atoms with Crippen LogP contribution in [-0.2, 0) is 4.74 Å². The molecule has 0 radical (unpaired) electrons. The molecule has 2 aromatic rings. The van der Waals surface area contributed by atoms with Crippen LogP contribution in [0.5, 0.6) is 5.75 Å². The summed E-state index contributed by atoms with van der Waals surface area (Å²) in [5, 5.41) is 3.00. The normalized spacial score (nSPS) is 17.4. The first-order valence-corrected chi connectivity index (χ1v) is 9.66. The summed E-state index contributed by atoms with van der Waals surface area (Å²) in [5.41, 5.74) is 1.89. The van der Waals surface area contributed by atoms with Gasteiger partial charge in [0, 0.05) is 31.7 Å². The molecule has 1 amide bonds. The topological polar surface area (TPSA) is 50.8 Å². The van der Waals surface area contributed by atoms with Crippen molar-refractivity contribution < 1.29 is 14.3 Å². The highest BCUT2D eigenvalue weighted by molar-refractivity contribution is 5.94. The summed E-state index contributed by atoms with van der Waals surface area (Å²) in [7, 11) is 0. The molecule has 144 valence electrons. The minimum absolute atomic E-state index is 0.0396. The Morgan fingerprint density at radius 2 is 1.96 bits per heavy atom. The lowest BCUT2D eigenvalue weighted by Gasteiger charge is -2.33. The van der Waals surface area contributed by atoms with Gasteiger partial charge >= 0.3 is 0 Å². The van der Waals surface area contributed by atoms with Crippen LogP contribution in [0.2, 0.25) is 0 Å². The van der Waals surface area contributed by atoms with Gasteiger partial charge in [0.25, 0.3) is 5.91 Å². The SMILES string of the molecule is CCOc1ccc(C(=O)NCCCN2CCOC(c3ccccc3)C2)cc1. The van der Waals surface area contributed by atoms with E-state index in [1.165, 1.54) is 5.56 Å². The second-order valence-electron chi connectivity index (χ2n) is 6.64. The molecule has 1 aliphatic rings. The number of hydrogen-bond acceptors (Lipinski definition) is 4. The Kier molecular flexibility index (Phi) is 7.25. The summed E-state index contributed by atoms with van der Waals surface area (Å²) in [4.78, 5) is 14.6. The summed E-state index contributed by atoms with van der Waals surface area (Å²) >= 11 is 0. The number of rotatable bonds is 8. The molecule has 2 aromatic carbocycles. The lowest BCUT2D eigenvalue weighted by molar-refractivity contribution is -0.0301. The number of nitrogens with zero attached hydrogens (tertiary/aromatic N) is 1. The molecule has 1 aliphatic heterocycles. The molecular weight excluding hydrogens is 340 g/mol. The predicted octanol–water partition coefficient (Wildman–Crippen LogP) is 3.28. The van der Waals surface area contributed by atoms with Gasteiger partial charge in [-0.1, -0.05) is 30.3 Å². The van der Waals surface area contributed by atoms with Crippen molar-refractivity contribution in [2.24, 2.45) is 0 Å². The maximum Gasteiger partial charge on any atom is 0.251 e. The smallest absolute Gasteiger partial charge is 0.251 e. The van der Waals surface area contributed by atoms with Gasteiger partial charge in [0.15, 0.2) is 0 Å². The third kappa shape index (κ3) is 5.81. The number of nitrogens with one attached hydrogen (secondary N) is 1. The average Bonchev–Trinajstić information content (AvgIpc) is 2.73. The molecule has 5 nitrogen and oxygen atoms in total. The van der Waals surface area contributed by atoms with Crippen LogP contribution in [0.15, 0.2) is 54.6 Å². The van der Waals surface area contributed by atoms with Crippen molar-refractivity contribution in [2.45, 2.75) is 19.4 Å². The lowest BCUT2D eigenvalue weighted by atomic mass is 10.1. The Bertz CT molecular complexity index is 703. The zero-order chi connectivity index (χ0) is 18.9. The Morgan fingerprint density at radius 3 is 2.70 bits per heavy atom. The van der Waals surface area contributed by atoms with Crippen LogP contribution in [-0.4, -0.2) is 50.2 Å². The lowest BCUT2D eigenvalue weighted by Crippen LogP contribution is -2.39. The minimum atomic E-state index is -0.0396. The first-order chi connectivity index (χ1) is 13.3. The van der Waals surface area contributed by atoms with Crippen LogP contribution in [0.1, 0.15) is 35.4 Å². The van der Waals surface area contributed by atoms with E-state index >= 15 is 0 Å². The fraction of sp³-hybridized carbons (Fsp3) is 0.409. The highest BCUT2D eigenvalue weighted by Crippen LogP contribution is 2.21. The number of morpholine rings is 1. The van der Waals surface area contributed by atoms with Crippen molar-refractivity contribution in [2.75, 3.05) is 39.4 Å². The van der Waals surface area contributed by atoms with Gasteiger partial charge in [-0.3, -0.25) is 9.69 Å². The molecule has 5 heteroatoms. The van der Waals surface area contributed by atoms with Crippen LogP contribution >= 0.6 is 0 Å². The van der Waals surface area contributed by atoms with Gasteiger partial charge in [0.2, 0.25) is 0 Å². The summed E-state index contributed by atoms with van der Waals surface area (Å²) in [5.74, 6) is 0.747. The zero-order valence-corrected chi connectivity index (χ0v) is 15.9. The van der Waals surface area contributed by atoms with Crippen molar-refractivity contribution in [3.05, 3.63) is 65.7 Å². The van der Waals surface area contributed by atoms with Gasteiger partial charge in [-0.05, 0) is 43.2 Å². The van der Waals surface area contributed by atoms with E-state index in [0.717, 1.165) is 38.4 Å². The highest BCUT2D eigenvalue weighted by Gasteiger charge is 2.21. The molecule has 0 saturated carbocycles. The molecule has 1 saturated heterocycles. The minimum Gasteiger partial charge on any atom is -0.494 e. The molecule has 0 aromatic heterocycles. The maximum absolute atomic E-state index is 12.2. The Labute approximate surface area is 161 Å². The highest BCUT2D eigenvalue weighted by atomic mass is 16.5. The largest absolute Gasteiger partial charge is 0.494 e. The molecule has 1 N–H and O–H groups in total. The van der Waals surface area contributed by atoms with E-state index in [1.807, 2.05) is 37.3 Å². The number of amides is 1. The fourth-order valence-electron chi connectivity index (χ4n) is 3.25. The van der Waals surface area contributed by atoms with Crippen LogP contribution < -0.4 is 10.1 Å². The second-order valence-corrected chi connectivity index (χ2v) is 6.64. The number of carbonyl (C=O) groups is 1. The molecule has 27 heavy (non-hydrogen) atoms. The van der Waals surface area contributed by atoms with Gasteiger partial charge in [-0.15, -0.1) is 0 Å². The van der Waals surface area contributed by atoms with Gasteiger partial charge in [-0.25, -0.2) is 0 Å². The van der Waals surface area contributed by atoms with Crippen LogP contribution in [0.4, 0.5) is 0 Å². The molecule has 1 unspecified atom stereocenters. The fourth-order valence-corrected chi connectivity index (χ4v) is 3.25. The number of benzene rings is 2. The third-order valence-corrected chi connectivity index (χ3v) is 4.69. The van der Waals surface area contributed by atoms with Crippen molar-refractivity contribution >= 4 is 5.91 Å².